The monoisotopic (exact) mass is 387 g/mol. The Hall–Kier alpha value is -2.38. The lowest BCUT2D eigenvalue weighted by Gasteiger charge is -2.34. The third-order valence-corrected chi connectivity index (χ3v) is 5.47. The predicted octanol–water partition coefficient (Wildman–Crippen LogP) is 2.24. The number of carbonyl (C=O) groups is 1. The van der Waals surface area contributed by atoms with Gasteiger partial charge >= 0.3 is 0 Å². The zero-order valence-electron chi connectivity index (χ0n) is 15.7. The second-order valence-corrected chi connectivity index (χ2v) is 9.20. The van der Waals surface area contributed by atoms with Gasteiger partial charge in [-0.15, -0.1) is 0 Å². The fraction of sp³-hybridized carbons (Fsp3) is 0.350. The Morgan fingerprint density at radius 2 is 1.70 bits per heavy atom. The van der Waals surface area contributed by atoms with Gasteiger partial charge in [0.05, 0.1) is 5.75 Å². The Morgan fingerprint density at radius 1 is 1.04 bits per heavy atom. The van der Waals surface area contributed by atoms with Crippen molar-refractivity contribution in [3.63, 3.8) is 0 Å². The Kier molecular flexibility index (Phi) is 5.82. The molecule has 0 aromatic heterocycles. The van der Waals surface area contributed by atoms with Gasteiger partial charge in [0.2, 0.25) is 0 Å². The first-order valence-corrected chi connectivity index (χ1v) is 11.0. The minimum Gasteiger partial charge on any atom is -0.369 e. The molecule has 144 valence electrons. The first-order valence-electron chi connectivity index (χ1n) is 8.92. The van der Waals surface area contributed by atoms with Crippen molar-refractivity contribution in [3.05, 3.63) is 59.7 Å². The number of hydrogen-bond donors (Lipinski definition) is 1. The van der Waals surface area contributed by atoms with E-state index < -0.39 is 9.84 Å². The second kappa shape index (κ2) is 8.10. The highest BCUT2D eigenvalue weighted by atomic mass is 32.2. The number of hydrogen-bond acceptors (Lipinski definition) is 5. The fourth-order valence-corrected chi connectivity index (χ4v) is 3.91. The zero-order valence-corrected chi connectivity index (χ0v) is 16.5. The smallest absolute Gasteiger partial charge is 0.255 e. The number of anilines is 2. The maximum absolute atomic E-state index is 12.5. The summed E-state index contributed by atoms with van der Waals surface area (Å²) in [7, 11) is -1.01. The number of rotatable bonds is 5. The number of benzene rings is 2. The van der Waals surface area contributed by atoms with Crippen LogP contribution in [0.5, 0.6) is 0 Å². The molecule has 0 bridgehead atoms. The van der Waals surface area contributed by atoms with E-state index >= 15 is 0 Å². The van der Waals surface area contributed by atoms with E-state index in [1.807, 2.05) is 24.3 Å². The van der Waals surface area contributed by atoms with Gasteiger partial charge in [0, 0.05) is 49.4 Å². The van der Waals surface area contributed by atoms with Gasteiger partial charge in [-0.2, -0.15) is 0 Å². The Labute approximate surface area is 160 Å². The van der Waals surface area contributed by atoms with E-state index in [9.17, 15) is 13.2 Å². The van der Waals surface area contributed by atoms with Gasteiger partial charge in [-0.25, -0.2) is 8.42 Å². The molecule has 1 saturated heterocycles. The molecule has 6 nitrogen and oxygen atoms in total. The van der Waals surface area contributed by atoms with Crippen LogP contribution in [0.1, 0.15) is 15.9 Å². The lowest BCUT2D eigenvalue weighted by molar-refractivity contribution is 0.102. The van der Waals surface area contributed by atoms with E-state index in [4.69, 9.17) is 0 Å². The van der Waals surface area contributed by atoms with Crippen molar-refractivity contribution in [2.75, 3.05) is 49.7 Å². The molecule has 0 saturated carbocycles. The molecule has 3 rings (SSSR count). The first-order chi connectivity index (χ1) is 12.8. The zero-order chi connectivity index (χ0) is 19.4. The number of nitrogens with one attached hydrogen (secondary N) is 1. The Bertz CT molecular complexity index is 902. The summed E-state index contributed by atoms with van der Waals surface area (Å²) in [6.07, 6.45) is 1.18. The van der Waals surface area contributed by atoms with Crippen LogP contribution in [0.25, 0.3) is 0 Å². The van der Waals surface area contributed by atoms with Gasteiger partial charge in [0.1, 0.15) is 0 Å². The van der Waals surface area contributed by atoms with Crippen molar-refractivity contribution in [1.29, 1.82) is 0 Å². The van der Waals surface area contributed by atoms with Crippen molar-refractivity contribution >= 4 is 27.1 Å². The average Bonchev–Trinajstić information content (AvgIpc) is 2.62. The summed E-state index contributed by atoms with van der Waals surface area (Å²) in [5.74, 6) is -0.328. The molecule has 27 heavy (non-hydrogen) atoms. The van der Waals surface area contributed by atoms with Gasteiger partial charge in [0.15, 0.2) is 9.84 Å². The maximum atomic E-state index is 12.5. The van der Waals surface area contributed by atoms with Gasteiger partial charge < -0.3 is 15.1 Å². The summed E-state index contributed by atoms with van der Waals surface area (Å²) >= 11 is 0. The van der Waals surface area contributed by atoms with Crippen LogP contribution in [-0.2, 0) is 15.6 Å². The molecule has 1 aliphatic heterocycles. The van der Waals surface area contributed by atoms with E-state index in [1.54, 1.807) is 24.3 Å². The van der Waals surface area contributed by atoms with Crippen molar-refractivity contribution in [1.82, 2.24) is 4.90 Å². The van der Waals surface area contributed by atoms with Crippen LogP contribution in [0.15, 0.2) is 48.5 Å². The first kappa shape index (κ1) is 19.4. The average molecular weight is 388 g/mol. The number of nitrogens with zero attached hydrogens (tertiary/aromatic N) is 2. The molecule has 1 N–H and O–H groups in total. The largest absolute Gasteiger partial charge is 0.369 e. The predicted molar refractivity (Wildman–Crippen MR) is 109 cm³/mol. The molecule has 1 amide bonds. The lowest BCUT2D eigenvalue weighted by Crippen LogP contribution is -2.44. The topological polar surface area (TPSA) is 69.7 Å². The number of sulfone groups is 1. The molecule has 0 aliphatic carbocycles. The van der Waals surface area contributed by atoms with E-state index in [0.717, 1.165) is 31.9 Å². The number of carbonyl (C=O) groups excluding carboxylic acids is 1. The number of likely N-dealkylation sites (N-methyl/N-ethyl adjacent to an activating group) is 1. The van der Waals surface area contributed by atoms with Crippen LogP contribution >= 0.6 is 0 Å². The SMILES string of the molecule is CN1CCN(c2ccc(NC(=O)c3cccc(CS(C)(=O)=O)c3)cc2)CC1. The summed E-state index contributed by atoms with van der Waals surface area (Å²) in [6.45, 7) is 4.08. The molecular weight excluding hydrogens is 362 g/mol. The fourth-order valence-electron chi connectivity index (χ4n) is 3.13. The van der Waals surface area contributed by atoms with Crippen LogP contribution in [0.2, 0.25) is 0 Å². The highest BCUT2D eigenvalue weighted by Crippen LogP contribution is 2.20. The van der Waals surface area contributed by atoms with Crippen LogP contribution in [0.4, 0.5) is 11.4 Å². The number of amides is 1. The van der Waals surface area contributed by atoms with Crippen molar-refractivity contribution < 1.29 is 13.2 Å². The summed E-state index contributed by atoms with van der Waals surface area (Å²) in [5.41, 5.74) is 2.91. The molecule has 0 radical (unpaired) electrons. The van der Waals surface area contributed by atoms with Crippen LogP contribution < -0.4 is 10.2 Å². The third-order valence-electron chi connectivity index (χ3n) is 4.61. The van der Waals surface area contributed by atoms with Gasteiger partial charge in [-0.05, 0) is 49.0 Å². The molecule has 2 aromatic rings. The standard InChI is InChI=1S/C20H25N3O3S/c1-22-10-12-23(13-11-22)19-8-6-18(7-9-19)21-20(24)17-5-3-4-16(14-17)15-27(2,25)26/h3-9,14H,10-13,15H2,1-2H3,(H,21,24). The van der Waals surface area contributed by atoms with E-state index in [0.29, 0.717) is 16.8 Å². The van der Waals surface area contributed by atoms with Gasteiger partial charge in [-0.3, -0.25) is 4.79 Å². The van der Waals surface area contributed by atoms with E-state index in [2.05, 4.69) is 22.2 Å². The second-order valence-electron chi connectivity index (χ2n) is 7.06. The molecule has 0 spiro atoms. The van der Waals surface area contributed by atoms with Crippen molar-refractivity contribution in [2.45, 2.75) is 5.75 Å². The third kappa shape index (κ3) is 5.55. The van der Waals surface area contributed by atoms with Gasteiger partial charge in [-0.1, -0.05) is 12.1 Å². The molecule has 0 unspecified atom stereocenters. The molecule has 2 aromatic carbocycles. The lowest BCUT2D eigenvalue weighted by atomic mass is 10.1. The minimum absolute atomic E-state index is 0.0756. The highest BCUT2D eigenvalue weighted by molar-refractivity contribution is 7.89. The van der Waals surface area contributed by atoms with Crippen LogP contribution in [0, 0.1) is 0 Å². The maximum Gasteiger partial charge on any atom is 0.255 e. The quantitative estimate of drug-likeness (QED) is 0.852. The molecule has 7 heteroatoms. The molecular formula is C20H25N3O3S. The summed E-state index contributed by atoms with van der Waals surface area (Å²) < 4.78 is 22.9. The van der Waals surface area contributed by atoms with Crippen LogP contribution in [0.3, 0.4) is 0 Å². The summed E-state index contributed by atoms with van der Waals surface area (Å²) in [6, 6.07) is 14.5. The van der Waals surface area contributed by atoms with E-state index in [1.165, 1.54) is 6.26 Å². The Morgan fingerprint density at radius 3 is 2.33 bits per heavy atom. The summed E-state index contributed by atoms with van der Waals surface area (Å²) in [5, 5.41) is 2.87. The molecule has 1 fully saturated rings. The van der Waals surface area contributed by atoms with Gasteiger partial charge in [0.25, 0.3) is 5.91 Å². The number of piperazine rings is 1. The Balaban J connectivity index is 1.65. The molecule has 0 atom stereocenters. The van der Waals surface area contributed by atoms with E-state index in [-0.39, 0.29) is 11.7 Å². The van der Waals surface area contributed by atoms with Crippen molar-refractivity contribution in [2.24, 2.45) is 0 Å². The molecule has 1 aliphatic rings. The minimum atomic E-state index is -3.14. The van der Waals surface area contributed by atoms with Crippen molar-refractivity contribution in [3.8, 4) is 0 Å². The summed E-state index contributed by atoms with van der Waals surface area (Å²) in [4.78, 5) is 17.1. The normalized spacial score (nSPS) is 15.6. The highest BCUT2D eigenvalue weighted by Gasteiger charge is 2.14. The van der Waals surface area contributed by atoms with Crippen LogP contribution in [-0.4, -0.2) is 58.7 Å². The molecule has 1 heterocycles.